The molecule has 10 nitrogen and oxygen atoms in total. The van der Waals surface area contributed by atoms with Gasteiger partial charge in [0, 0.05) is 24.9 Å². The number of aliphatic imine (C=N–C) groups is 1. The number of nitrogens with zero attached hydrogens (tertiary/aromatic N) is 3. The molecule has 0 saturated carbocycles. The number of aliphatic hydroxyl groups excluding tert-OH is 1. The summed E-state index contributed by atoms with van der Waals surface area (Å²) in [6, 6.07) is 4.83. The number of piperidine rings is 1. The van der Waals surface area contributed by atoms with Crippen LogP contribution in [0.2, 0.25) is 0 Å². The second-order valence-corrected chi connectivity index (χ2v) is 7.43. The minimum absolute atomic E-state index is 0.00501. The van der Waals surface area contributed by atoms with Gasteiger partial charge in [-0.15, -0.1) is 0 Å². The average Bonchev–Trinajstić information content (AvgIpc) is 2.66. The number of hydrogen-bond donors (Lipinski definition) is 3. The van der Waals surface area contributed by atoms with Crippen LogP contribution >= 0.6 is 0 Å². The molecule has 148 valence electrons. The largest absolute Gasteiger partial charge is 0.480 e. The lowest BCUT2D eigenvalue weighted by atomic mass is 9.80. The van der Waals surface area contributed by atoms with E-state index < -0.39 is 34.0 Å². The van der Waals surface area contributed by atoms with Crippen LogP contribution in [0.5, 0.6) is 5.75 Å². The normalized spacial score (nSPS) is 27.0. The van der Waals surface area contributed by atoms with Gasteiger partial charge in [-0.05, 0) is 36.6 Å². The molecule has 1 saturated heterocycles. The molecule has 0 aliphatic carbocycles. The Balaban J connectivity index is 2.11. The molecule has 4 N–H and O–H groups in total. The number of aliphatic hydroxyl groups is 1. The third-order valence-corrected chi connectivity index (χ3v) is 5.79. The van der Waals surface area contributed by atoms with Crippen molar-refractivity contribution in [3.8, 4) is 11.9 Å². The van der Waals surface area contributed by atoms with Gasteiger partial charge in [0.05, 0.1) is 0 Å². The number of nitrogens with two attached hydrogens (primary N) is 1. The molecular formula is C17H18N4O6S. The number of hydrogen-bond acceptors (Lipinski definition) is 8. The van der Waals surface area contributed by atoms with Gasteiger partial charge in [0.25, 0.3) is 0 Å². The van der Waals surface area contributed by atoms with Crippen LogP contribution in [0, 0.1) is 16.9 Å². The van der Waals surface area contributed by atoms with Crippen LogP contribution in [-0.2, 0) is 21.5 Å². The summed E-state index contributed by atoms with van der Waals surface area (Å²) in [4.78, 5) is 16.3. The van der Waals surface area contributed by atoms with Crippen molar-refractivity contribution in [3.05, 3.63) is 23.8 Å². The molecule has 2 aliphatic heterocycles. The van der Waals surface area contributed by atoms with Crippen molar-refractivity contribution >= 4 is 33.2 Å². The Morgan fingerprint density at radius 1 is 1.50 bits per heavy atom. The monoisotopic (exact) mass is 406 g/mol. The van der Waals surface area contributed by atoms with Crippen molar-refractivity contribution in [2.24, 2.45) is 16.1 Å². The maximum atomic E-state index is 12.0. The van der Waals surface area contributed by atoms with E-state index in [1.807, 2.05) is 0 Å². The van der Waals surface area contributed by atoms with Crippen LogP contribution in [-0.4, -0.2) is 54.7 Å². The first kappa shape index (κ1) is 19.8. The highest BCUT2D eigenvalue weighted by Crippen LogP contribution is 2.36. The van der Waals surface area contributed by atoms with Crippen molar-refractivity contribution in [2.75, 3.05) is 11.4 Å². The second kappa shape index (κ2) is 7.59. The van der Waals surface area contributed by atoms with E-state index in [2.05, 4.69) is 4.99 Å². The van der Waals surface area contributed by atoms with E-state index in [0.717, 1.165) is 6.21 Å². The van der Waals surface area contributed by atoms with E-state index in [0.29, 0.717) is 23.4 Å². The molecule has 0 radical (unpaired) electrons. The molecule has 1 aromatic rings. The minimum Gasteiger partial charge on any atom is -0.480 e. The highest BCUT2D eigenvalue weighted by atomic mass is 32.2. The number of aliphatic carboxylic acids is 1. The van der Waals surface area contributed by atoms with E-state index in [1.54, 1.807) is 18.2 Å². The summed E-state index contributed by atoms with van der Waals surface area (Å²) >= 11 is 0. The van der Waals surface area contributed by atoms with Gasteiger partial charge in [-0.1, -0.05) is 0 Å². The van der Waals surface area contributed by atoms with E-state index in [9.17, 15) is 23.4 Å². The molecular weight excluding hydrogens is 388 g/mol. The molecule has 3 rings (SSSR count). The quantitative estimate of drug-likeness (QED) is 0.340. The number of nitriles is 1. The molecule has 0 spiro atoms. The predicted molar refractivity (Wildman–Crippen MR) is 99.4 cm³/mol. The number of carboxylic acid groups (broad SMARTS) is 1. The summed E-state index contributed by atoms with van der Waals surface area (Å²) in [5.41, 5.74) is 4.80. The van der Waals surface area contributed by atoms with Crippen LogP contribution in [0.15, 0.2) is 23.2 Å². The van der Waals surface area contributed by atoms with Gasteiger partial charge in [-0.2, -0.15) is 18.7 Å². The molecule has 28 heavy (non-hydrogen) atoms. The Morgan fingerprint density at radius 2 is 2.25 bits per heavy atom. The average molecular weight is 406 g/mol. The van der Waals surface area contributed by atoms with Crippen LogP contribution in [0.25, 0.3) is 0 Å². The van der Waals surface area contributed by atoms with Gasteiger partial charge in [0.2, 0.25) is 16.5 Å². The number of carboxylic acids is 1. The van der Waals surface area contributed by atoms with Crippen LogP contribution in [0.3, 0.4) is 0 Å². The van der Waals surface area contributed by atoms with E-state index >= 15 is 0 Å². The number of fused-ring (bicyclic) bond motifs is 1. The first-order chi connectivity index (χ1) is 13.3. The lowest BCUT2D eigenvalue weighted by Gasteiger charge is -2.39. The summed E-state index contributed by atoms with van der Waals surface area (Å²) in [6.45, 7) is 0.264. The fraction of sp³-hybridized carbons (Fsp3) is 0.412. The molecule has 2 aliphatic rings. The number of ether oxygens (including phenoxy) is 1. The highest BCUT2D eigenvalue weighted by Gasteiger charge is 2.49. The lowest BCUT2D eigenvalue weighted by molar-refractivity contribution is -0.141. The van der Waals surface area contributed by atoms with Gasteiger partial charge in [0.1, 0.15) is 11.9 Å². The van der Waals surface area contributed by atoms with E-state index in [4.69, 9.17) is 15.7 Å². The summed E-state index contributed by atoms with van der Waals surface area (Å²) in [5.74, 6) is -0.933. The molecule has 11 heteroatoms. The fourth-order valence-electron chi connectivity index (χ4n) is 3.54. The molecule has 0 bridgehead atoms. The molecule has 0 amide bonds. The Morgan fingerprint density at radius 3 is 2.89 bits per heavy atom. The summed E-state index contributed by atoms with van der Waals surface area (Å²) in [5, 5.41) is 28.4. The van der Waals surface area contributed by atoms with Crippen LogP contribution in [0.1, 0.15) is 18.4 Å². The van der Waals surface area contributed by atoms with Crippen molar-refractivity contribution in [3.63, 3.8) is 0 Å². The Kier molecular flexibility index (Phi) is 5.37. The lowest BCUT2D eigenvalue weighted by Crippen LogP contribution is -2.54. The highest BCUT2D eigenvalue weighted by molar-refractivity contribution is 7.73. The Hall–Kier alpha value is -2.94. The van der Waals surface area contributed by atoms with Gasteiger partial charge in [-0.3, -0.25) is 10.5 Å². The van der Waals surface area contributed by atoms with Crippen molar-refractivity contribution in [1.29, 1.82) is 5.26 Å². The SMILES string of the molecule is N#CN=CC1(C(=O)O)CCCN(c2ccc3c(c2)CC(O)C(N)O3)C1=S(=O)=O. The van der Waals surface area contributed by atoms with Crippen molar-refractivity contribution in [2.45, 2.75) is 31.6 Å². The minimum atomic E-state index is -2.88. The molecule has 1 fully saturated rings. The third-order valence-electron chi connectivity index (χ3n) is 4.89. The van der Waals surface area contributed by atoms with Gasteiger partial charge >= 0.3 is 5.97 Å². The van der Waals surface area contributed by atoms with Crippen molar-refractivity contribution < 1.29 is 28.2 Å². The Bertz CT molecular complexity index is 1010. The smallest absolute Gasteiger partial charge is 0.322 e. The molecule has 3 atom stereocenters. The number of benzene rings is 1. The zero-order valence-corrected chi connectivity index (χ0v) is 15.5. The van der Waals surface area contributed by atoms with E-state index in [-0.39, 0.29) is 24.4 Å². The summed E-state index contributed by atoms with van der Waals surface area (Å²) < 4.78 is 29.5. The number of anilines is 1. The number of rotatable bonds is 3. The second-order valence-electron chi connectivity index (χ2n) is 6.58. The Labute approximate surface area is 162 Å². The van der Waals surface area contributed by atoms with Gasteiger partial charge < -0.3 is 19.8 Å². The summed E-state index contributed by atoms with van der Waals surface area (Å²) in [6.07, 6.45) is 1.16. The molecule has 0 aromatic heterocycles. The zero-order chi connectivity index (χ0) is 20.5. The topological polar surface area (TPSA) is 166 Å². The fourth-order valence-corrected chi connectivity index (χ4v) is 4.45. The molecule has 2 heterocycles. The first-order valence-electron chi connectivity index (χ1n) is 8.44. The van der Waals surface area contributed by atoms with Gasteiger partial charge in [0.15, 0.2) is 16.6 Å². The predicted octanol–water partition coefficient (Wildman–Crippen LogP) is -0.501. The molecule has 1 aromatic carbocycles. The van der Waals surface area contributed by atoms with Gasteiger partial charge in [-0.25, -0.2) is 0 Å². The van der Waals surface area contributed by atoms with Crippen molar-refractivity contribution in [1.82, 2.24) is 0 Å². The summed E-state index contributed by atoms with van der Waals surface area (Å²) in [7, 11) is -2.88. The standard InChI is InChI=1S/C17H18N4O6S/c18-9-20-8-17(16(23)24)4-1-5-21(15(17)28(25)26)11-2-3-13-10(6-11)7-12(22)14(19)27-13/h2-3,6,8,12,14,22H,1,4-5,7,19H2,(H,23,24). The third kappa shape index (κ3) is 3.33. The zero-order valence-electron chi connectivity index (χ0n) is 14.6. The maximum absolute atomic E-state index is 12.0. The molecule has 3 unspecified atom stereocenters. The first-order valence-corrected chi connectivity index (χ1v) is 9.52. The van der Waals surface area contributed by atoms with E-state index in [1.165, 1.54) is 11.1 Å². The number of carbonyl (C=O) groups is 1. The maximum Gasteiger partial charge on any atom is 0.322 e. The van der Waals surface area contributed by atoms with Crippen LogP contribution < -0.4 is 15.4 Å². The van der Waals surface area contributed by atoms with Crippen LogP contribution in [0.4, 0.5) is 5.69 Å².